The average Bonchev–Trinajstić information content (AvgIpc) is 2.47. The fourth-order valence-corrected chi connectivity index (χ4v) is 1.94. The Balaban J connectivity index is 0.000000220. The molecule has 0 spiro atoms. The van der Waals surface area contributed by atoms with Crippen LogP contribution in [0.1, 0.15) is 22.8 Å². The van der Waals surface area contributed by atoms with Crippen molar-refractivity contribution in [1.29, 1.82) is 5.39 Å². The highest BCUT2D eigenvalue weighted by Gasteiger charge is 2.04. The molecule has 6 nitrogen and oxygen atoms in total. The molecule has 0 unspecified atom stereocenters. The van der Waals surface area contributed by atoms with Crippen LogP contribution in [-0.2, 0) is 10.1 Å². The highest BCUT2D eigenvalue weighted by Crippen LogP contribution is 2.12. The van der Waals surface area contributed by atoms with Gasteiger partial charge in [0.25, 0.3) is 0 Å². The normalized spacial score (nSPS) is 10.1. The van der Waals surface area contributed by atoms with Gasteiger partial charge in [-0.25, -0.2) is 8.42 Å². The Morgan fingerprint density at radius 2 is 1.55 bits per heavy atom. The second kappa shape index (κ2) is 7.45. The van der Waals surface area contributed by atoms with Crippen molar-refractivity contribution < 1.29 is 17.8 Å². The molecule has 0 bridgehead atoms. The molecule has 0 aliphatic rings. The number of ketones is 1. The second-order valence-electron chi connectivity index (χ2n) is 4.47. The molecule has 0 aliphatic carbocycles. The van der Waals surface area contributed by atoms with E-state index >= 15 is 0 Å². The predicted octanol–water partition coefficient (Wildman–Crippen LogP) is 3.27. The second-order valence-corrected chi connectivity index (χ2v) is 5.85. The molecule has 2 aromatic rings. The van der Waals surface area contributed by atoms with Gasteiger partial charge in [-0.05, 0) is 38.1 Å². The lowest BCUT2D eigenvalue weighted by atomic mass is 10.1. The first-order valence-electron chi connectivity index (χ1n) is 6.22. The van der Waals surface area contributed by atoms with Crippen LogP contribution >= 0.6 is 0 Å². The Bertz CT molecular complexity index is 789. The van der Waals surface area contributed by atoms with E-state index < -0.39 is 10.1 Å². The number of rotatable bonds is 2. The van der Waals surface area contributed by atoms with Gasteiger partial charge in [-0.1, -0.05) is 17.7 Å². The molecule has 22 heavy (non-hydrogen) atoms. The summed E-state index contributed by atoms with van der Waals surface area (Å²) in [7, 11) is -4.27. The minimum Gasteiger partial charge on any atom is -0.744 e. The molecule has 2 aromatic carbocycles. The number of hydrogen-bond acceptors (Lipinski definition) is 5. The van der Waals surface area contributed by atoms with E-state index in [1.54, 1.807) is 36.4 Å². The molecule has 7 heteroatoms. The topological polar surface area (TPSA) is 102 Å². The summed E-state index contributed by atoms with van der Waals surface area (Å²) < 4.78 is 31.2. The molecular formula is C15H14N2O4S. The fraction of sp³-hybridized carbons (Fsp3) is 0.133. The van der Waals surface area contributed by atoms with E-state index in [2.05, 4.69) is 4.98 Å². The SMILES string of the molecule is CC(=O)c1ccc([N+]#N)cc1.Cc1ccc(S(=O)(=O)[O-])cc1. The number of carbonyl (C=O) groups excluding carboxylic acids is 1. The van der Waals surface area contributed by atoms with Crippen LogP contribution in [0.25, 0.3) is 4.98 Å². The first kappa shape index (κ1) is 17.5. The zero-order valence-electron chi connectivity index (χ0n) is 12.1. The smallest absolute Gasteiger partial charge is 0.385 e. The minimum atomic E-state index is -4.27. The molecule has 0 radical (unpaired) electrons. The van der Waals surface area contributed by atoms with Crippen molar-refractivity contribution in [2.75, 3.05) is 0 Å². The van der Waals surface area contributed by atoms with Crippen LogP contribution in [0.2, 0.25) is 0 Å². The molecular weight excluding hydrogens is 304 g/mol. The zero-order chi connectivity index (χ0) is 16.8. The molecule has 0 aromatic heterocycles. The molecule has 2 rings (SSSR count). The molecule has 0 atom stereocenters. The monoisotopic (exact) mass is 318 g/mol. The van der Waals surface area contributed by atoms with Crippen molar-refractivity contribution >= 4 is 21.6 Å². The van der Waals surface area contributed by atoms with Crippen molar-refractivity contribution in [2.45, 2.75) is 18.7 Å². The molecule has 0 saturated heterocycles. The Hall–Kier alpha value is -2.56. The maximum atomic E-state index is 10.8. The summed E-state index contributed by atoms with van der Waals surface area (Å²) in [5.41, 5.74) is 2.00. The quantitative estimate of drug-likeness (QED) is 0.480. The van der Waals surface area contributed by atoms with Gasteiger partial charge in [0, 0.05) is 17.7 Å². The Labute approximate surface area is 128 Å². The Morgan fingerprint density at radius 1 is 1.05 bits per heavy atom. The number of diazo groups is 1. The van der Waals surface area contributed by atoms with Crippen LogP contribution in [-0.4, -0.2) is 18.8 Å². The summed E-state index contributed by atoms with van der Waals surface area (Å²) in [5, 5.41) is 8.31. The van der Waals surface area contributed by atoms with Gasteiger partial charge in [0.05, 0.1) is 4.90 Å². The Morgan fingerprint density at radius 3 is 1.91 bits per heavy atom. The van der Waals surface area contributed by atoms with Gasteiger partial charge >= 0.3 is 5.69 Å². The maximum Gasteiger partial charge on any atom is 0.385 e. The third-order valence-corrected chi connectivity index (χ3v) is 3.55. The van der Waals surface area contributed by atoms with Gasteiger partial charge in [0.15, 0.2) is 10.8 Å². The van der Waals surface area contributed by atoms with E-state index in [1.807, 2.05) is 6.92 Å². The number of Topliss-reactive ketones (excluding diaryl/α,β-unsaturated/α-hetero) is 1. The molecule has 0 fully saturated rings. The van der Waals surface area contributed by atoms with Crippen LogP contribution in [0.15, 0.2) is 53.4 Å². The van der Waals surface area contributed by atoms with Gasteiger partial charge in [-0.3, -0.25) is 4.79 Å². The minimum absolute atomic E-state index is 0.00879. The van der Waals surface area contributed by atoms with Crippen molar-refractivity contribution in [1.82, 2.24) is 0 Å². The zero-order valence-corrected chi connectivity index (χ0v) is 12.9. The third kappa shape index (κ3) is 5.44. The number of aryl methyl sites for hydroxylation is 1. The lowest BCUT2D eigenvalue weighted by Gasteiger charge is -2.05. The van der Waals surface area contributed by atoms with Crippen molar-refractivity contribution in [3.05, 3.63) is 64.6 Å². The van der Waals surface area contributed by atoms with E-state index in [-0.39, 0.29) is 10.7 Å². The predicted molar refractivity (Wildman–Crippen MR) is 80.3 cm³/mol. The summed E-state index contributed by atoms with van der Waals surface area (Å²) in [6.07, 6.45) is 0. The molecule has 114 valence electrons. The van der Waals surface area contributed by atoms with Crippen molar-refractivity contribution in [3.8, 4) is 0 Å². The summed E-state index contributed by atoms with van der Waals surface area (Å²) in [6.45, 7) is 3.31. The van der Waals surface area contributed by atoms with Crippen LogP contribution in [0, 0.1) is 12.3 Å². The van der Waals surface area contributed by atoms with Gasteiger partial charge in [-0.15, -0.1) is 0 Å². The fourth-order valence-electron chi connectivity index (χ4n) is 1.47. The van der Waals surface area contributed by atoms with Crippen molar-refractivity contribution in [3.63, 3.8) is 0 Å². The molecule has 0 saturated carbocycles. The van der Waals surface area contributed by atoms with Crippen LogP contribution in [0.5, 0.6) is 0 Å². The summed E-state index contributed by atoms with van der Waals surface area (Å²) in [5.74, 6) is 0.00879. The Kier molecular flexibility index (Phi) is 5.92. The summed E-state index contributed by atoms with van der Waals surface area (Å²) in [6, 6.07) is 12.2. The molecule has 0 aliphatic heterocycles. The van der Waals surface area contributed by atoms with E-state index in [0.29, 0.717) is 11.3 Å². The molecule has 0 N–H and O–H groups in total. The standard InChI is InChI=1S/C8H7N2O.C7H8O3S/c1-6(11)7-2-4-8(10-9)5-3-7;1-6-2-4-7(5-3-6)11(8,9)10/h2-5H,1H3;2-5H,1H3,(H,8,9,10)/q+1;/p-1. The van der Waals surface area contributed by atoms with E-state index in [4.69, 9.17) is 5.39 Å². The van der Waals surface area contributed by atoms with Gasteiger partial charge in [-0.2, -0.15) is 0 Å². The highest BCUT2D eigenvalue weighted by atomic mass is 32.2. The van der Waals surface area contributed by atoms with Crippen LogP contribution in [0.3, 0.4) is 0 Å². The number of benzene rings is 2. The molecule has 0 amide bonds. The summed E-state index contributed by atoms with van der Waals surface area (Å²) in [4.78, 5) is 13.5. The van der Waals surface area contributed by atoms with Crippen LogP contribution in [0.4, 0.5) is 5.69 Å². The number of carbonyl (C=O) groups is 1. The first-order chi connectivity index (χ1) is 10.2. The largest absolute Gasteiger partial charge is 0.744 e. The van der Waals surface area contributed by atoms with E-state index in [9.17, 15) is 17.8 Å². The lowest BCUT2D eigenvalue weighted by Crippen LogP contribution is -1.97. The third-order valence-electron chi connectivity index (χ3n) is 2.70. The van der Waals surface area contributed by atoms with Crippen molar-refractivity contribution in [2.24, 2.45) is 0 Å². The number of nitrogens with zero attached hydrogens (tertiary/aromatic N) is 2. The molecule has 0 heterocycles. The average molecular weight is 318 g/mol. The van der Waals surface area contributed by atoms with Gasteiger partial charge in [0.2, 0.25) is 5.39 Å². The first-order valence-corrected chi connectivity index (χ1v) is 7.63. The van der Waals surface area contributed by atoms with Gasteiger partial charge < -0.3 is 4.55 Å². The maximum absolute atomic E-state index is 10.8. The van der Waals surface area contributed by atoms with Gasteiger partial charge in [0.1, 0.15) is 10.1 Å². The lowest BCUT2D eigenvalue weighted by molar-refractivity contribution is 0.101. The van der Waals surface area contributed by atoms with E-state index in [0.717, 1.165) is 5.56 Å². The van der Waals surface area contributed by atoms with Crippen LogP contribution < -0.4 is 0 Å². The number of hydrogen-bond donors (Lipinski definition) is 0. The van der Waals surface area contributed by atoms with E-state index in [1.165, 1.54) is 19.1 Å². The summed E-state index contributed by atoms with van der Waals surface area (Å²) >= 11 is 0. The highest BCUT2D eigenvalue weighted by molar-refractivity contribution is 7.85.